The number of aryl methyl sites for hydroxylation is 1. The molecule has 2 aromatic rings. The van der Waals surface area contributed by atoms with Crippen molar-refractivity contribution in [3.8, 4) is 0 Å². The van der Waals surface area contributed by atoms with Crippen LogP contribution in [-0.4, -0.2) is 60.9 Å². The van der Waals surface area contributed by atoms with Crippen LogP contribution in [0.4, 0.5) is 0 Å². The molecule has 0 bridgehead atoms. The summed E-state index contributed by atoms with van der Waals surface area (Å²) in [6.07, 6.45) is 6.62. The Bertz CT molecular complexity index is 954. The summed E-state index contributed by atoms with van der Waals surface area (Å²) in [5.74, 6) is 0.138. The van der Waals surface area contributed by atoms with Gasteiger partial charge < -0.3 is 9.64 Å². The van der Waals surface area contributed by atoms with Gasteiger partial charge in [0.05, 0.1) is 18.1 Å². The first-order valence-electron chi connectivity index (χ1n) is 10.4. The molecule has 4 rings (SSSR count). The standard InChI is InChI=1S/C22H27N3O4S/c26-22(25(20-4-5-20)17-19-9-11-23-12-10-19)8-3-18-1-6-21(7-2-18)30(27,28)24-13-15-29-16-14-24/h1-2,6-7,9-12,20H,3-5,8,13-17H2. The smallest absolute Gasteiger partial charge is 0.243 e. The molecule has 8 heteroatoms. The van der Waals surface area contributed by atoms with Crippen molar-refractivity contribution < 1.29 is 17.9 Å². The monoisotopic (exact) mass is 429 g/mol. The maximum Gasteiger partial charge on any atom is 0.243 e. The molecule has 1 aromatic carbocycles. The molecule has 2 heterocycles. The van der Waals surface area contributed by atoms with Crippen LogP contribution in [0.2, 0.25) is 0 Å². The number of aromatic nitrogens is 1. The van der Waals surface area contributed by atoms with Crippen LogP contribution in [0.1, 0.15) is 30.4 Å². The van der Waals surface area contributed by atoms with E-state index in [0.29, 0.717) is 51.7 Å². The fourth-order valence-corrected chi connectivity index (χ4v) is 5.06. The van der Waals surface area contributed by atoms with Crippen molar-refractivity contribution in [3.63, 3.8) is 0 Å². The second kappa shape index (κ2) is 9.24. The van der Waals surface area contributed by atoms with Crippen LogP contribution in [0.5, 0.6) is 0 Å². The molecular formula is C22H27N3O4S. The molecule has 30 heavy (non-hydrogen) atoms. The van der Waals surface area contributed by atoms with Gasteiger partial charge in [0.15, 0.2) is 0 Å². The Hall–Kier alpha value is -2.29. The van der Waals surface area contributed by atoms with Crippen molar-refractivity contribution in [1.82, 2.24) is 14.2 Å². The third-order valence-corrected chi connectivity index (χ3v) is 7.48. The van der Waals surface area contributed by atoms with E-state index in [1.165, 1.54) is 4.31 Å². The lowest BCUT2D eigenvalue weighted by atomic mass is 10.1. The molecule has 0 unspecified atom stereocenters. The Balaban J connectivity index is 1.35. The molecule has 0 radical (unpaired) electrons. The summed E-state index contributed by atoms with van der Waals surface area (Å²) in [4.78, 5) is 19.1. The molecule has 1 aliphatic heterocycles. The summed E-state index contributed by atoms with van der Waals surface area (Å²) < 4.78 is 32.1. The first-order chi connectivity index (χ1) is 14.5. The number of morpholine rings is 1. The van der Waals surface area contributed by atoms with Gasteiger partial charge in [0, 0.05) is 44.5 Å². The van der Waals surface area contributed by atoms with E-state index in [0.717, 1.165) is 24.0 Å². The minimum atomic E-state index is -3.49. The van der Waals surface area contributed by atoms with E-state index in [4.69, 9.17) is 4.74 Å². The van der Waals surface area contributed by atoms with Crippen LogP contribution >= 0.6 is 0 Å². The maximum absolute atomic E-state index is 12.8. The van der Waals surface area contributed by atoms with Gasteiger partial charge in [-0.3, -0.25) is 9.78 Å². The molecule has 0 spiro atoms. The average molecular weight is 430 g/mol. The molecule has 160 valence electrons. The van der Waals surface area contributed by atoms with E-state index < -0.39 is 10.0 Å². The van der Waals surface area contributed by atoms with Gasteiger partial charge in [-0.05, 0) is 54.7 Å². The van der Waals surface area contributed by atoms with Gasteiger partial charge in [0.2, 0.25) is 15.9 Å². The van der Waals surface area contributed by atoms with Crippen molar-refractivity contribution in [1.29, 1.82) is 0 Å². The van der Waals surface area contributed by atoms with Gasteiger partial charge in [-0.2, -0.15) is 4.31 Å². The number of pyridine rings is 1. The molecule has 1 aromatic heterocycles. The highest BCUT2D eigenvalue weighted by atomic mass is 32.2. The summed E-state index contributed by atoms with van der Waals surface area (Å²) in [5.41, 5.74) is 2.05. The predicted molar refractivity (Wildman–Crippen MR) is 112 cm³/mol. The molecule has 0 atom stereocenters. The summed E-state index contributed by atoms with van der Waals surface area (Å²) in [6, 6.07) is 11.1. The minimum Gasteiger partial charge on any atom is -0.379 e. The summed E-state index contributed by atoms with van der Waals surface area (Å²) in [5, 5.41) is 0. The third-order valence-electron chi connectivity index (χ3n) is 5.57. The summed E-state index contributed by atoms with van der Waals surface area (Å²) in [7, 11) is -3.49. The van der Waals surface area contributed by atoms with Crippen molar-refractivity contribution >= 4 is 15.9 Å². The maximum atomic E-state index is 12.8. The zero-order chi connectivity index (χ0) is 21.0. The number of hydrogen-bond donors (Lipinski definition) is 0. The SMILES string of the molecule is O=C(CCc1ccc(S(=O)(=O)N2CCOCC2)cc1)N(Cc1ccncc1)C1CC1. The first kappa shape index (κ1) is 21.0. The van der Waals surface area contributed by atoms with Crippen LogP contribution in [0.15, 0.2) is 53.7 Å². The number of rotatable bonds is 8. The second-order valence-electron chi connectivity index (χ2n) is 7.77. The van der Waals surface area contributed by atoms with Gasteiger partial charge in [-0.1, -0.05) is 12.1 Å². The van der Waals surface area contributed by atoms with Crippen LogP contribution in [0, 0.1) is 0 Å². The van der Waals surface area contributed by atoms with E-state index in [1.54, 1.807) is 24.5 Å². The average Bonchev–Trinajstić information content (AvgIpc) is 3.63. The number of carbonyl (C=O) groups excluding carboxylic acids is 1. The quantitative estimate of drug-likeness (QED) is 0.643. The summed E-state index contributed by atoms with van der Waals surface area (Å²) in [6.45, 7) is 2.23. The van der Waals surface area contributed by atoms with Gasteiger partial charge in [-0.15, -0.1) is 0 Å². The molecule has 1 saturated carbocycles. The number of ether oxygens (including phenoxy) is 1. The largest absolute Gasteiger partial charge is 0.379 e. The molecule has 2 fully saturated rings. The van der Waals surface area contributed by atoms with Gasteiger partial charge >= 0.3 is 0 Å². The minimum absolute atomic E-state index is 0.138. The molecule has 1 saturated heterocycles. The Morgan fingerprint density at radius 2 is 1.70 bits per heavy atom. The Kier molecular flexibility index (Phi) is 6.46. The van der Waals surface area contributed by atoms with Crippen molar-refractivity contribution in [2.24, 2.45) is 0 Å². The second-order valence-corrected chi connectivity index (χ2v) is 9.71. The summed E-state index contributed by atoms with van der Waals surface area (Å²) >= 11 is 0. The third kappa shape index (κ3) is 5.06. The van der Waals surface area contributed by atoms with Crippen molar-refractivity contribution in [3.05, 3.63) is 59.9 Å². The fraction of sp³-hybridized carbons (Fsp3) is 0.455. The molecule has 2 aliphatic rings. The fourth-order valence-electron chi connectivity index (χ4n) is 3.65. The highest BCUT2D eigenvalue weighted by molar-refractivity contribution is 7.89. The Morgan fingerprint density at radius 1 is 1.03 bits per heavy atom. The van der Waals surface area contributed by atoms with Crippen LogP contribution in [-0.2, 0) is 32.5 Å². The topological polar surface area (TPSA) is 79.8 Å². The highest BCUT2D eigenvalue weighted by Crippen LogP contribution is 2.29. The molecule has 7 nitrogen and oxygen atoms in total. The normalized spacial score (nSPS) is 17.6. The van der Waals surface area contributed by atoms with Crippen LogP contribution in [0.3, 0.4) is 0 Å². The van der Waals surface area contributed by atoms with Crippen molar-refractivity contribution in [2.45, 2.75) is 43.2 Å². The van der Waals surface area contributed by atoms with Crippen LogP contribution < -0.4 is 0 Å². The number of sulfonamides is 1. The highest BCUT2D eigenvalue weighted by Gasteiger charge is 2.32. The zero-order valence-electron chi connectivity index (χ0n) is 16.9. The van der Waals surface area contributed by atoms with E-state index in [2.05, 4.69) is 4.98 Å². The van der Waals surface area contributed by atoms with E-state index in [1.807, 2.05) is 29.2 Å². The lowest BCUT2D eigenvalue weighted by Gasteiger charge is -2.26. The molecule has 1 aliphatic carbocycles. The lowest BCUT2D eigenvalue weighted by molar-refractivity contribution is -0.132. The lowest BCUT2D eigenvalue weighted by Crippen LogP contribution is -2.40. The number of amides is 1. The Morgan fingerprint density at radius 3 is 2.33 bits per heavy atom. The van der Waals surface area contributed by atoms with Crippen LogP contribution in [0.25, 0.3) is 0 Å². The van der Waals surface area contributed by atoms with E-state index >= 15 is 0 Å². The molecular weight excluding hydrogens is 402 g/mol. The van der Waals surface area contributed by atoms with Crippen molar-refractivity contribution in [2.75, 3.05) is 26.3 Å². The first-order valence-corrected chi connectivity index (χ1v) is 11.8. The number of hydrogen-bond acceptors (Lipinski definition) is 5. The predicted octanol–water partition coefficient (Wildman–Crippen LogP) is 2.23. The van der Waals surface area contributed by atoms with Gasteiger partial charge in [0.1, 0.15) is 0 Å². The number of benzene rings is 1. The van der Waals surface area contributed by atoms with E-state index in [9.17, 15) is 13.2 Å². The van der Waals surface area contributed by atoms with E-state index in [-0.39, 0.29) is 10.8 Å². The molecule has 0 N–H and O–H groups in total. The molecule has 1 amide bonds. The number of carbonyl (C=O) groups is 1. The number of nitrogens with zero attached hydrogens (tertiary/aromatic N) is 3. The van der Waals surface area contributed by atoms with Gasteiger partial charge in [0.25, 0.3) is 0 Å². The Labute approximate surface area is 177 Å². The zero-order valence-corrected chi connectivity index (χ0v) is 17.8. The van der Waals surface area contributed by atoms with Gasteiger partial charge in [-0.25, -0.2) is 8.42 Å².